The van der Waals surface area contributed by atoms with Crippen LogP contribution in [0.1, 0.15) is 50.2 Å². The zero-order valence-electron chi connectivity index (χ0n) is 12.0. The molecule has 2 heteroatoms. The minimum absolute atomic E-state index is 0.706. The summed E-state index contributed by atoms with van der Waals surface area (Å²) >= 11 is 0. The van der Waals surface area contributed by atoms with E-state index in [1.165, 1.54) is 49.7 Å². The number of aryl methyl sites for hydroxylation is 2. The zero-order chi connectivity index (χ0) is 13.5. The van der Waals surface area contributed by atoms with Crippen molar-refractivity contribution in [2.45, 2.75) is 52.4 Å². The van der Waals surface area contributed by atoms with Gasteiger partial charge >= 0.3 is 0 Å². The third-order valence-electron chi connectivity index (χ3n) is 3.57. The molecule has 1 heterocycles. The van der Waals surface area contributed by atoms with E-state index in [1.54, 1.807) is 12.5 Å². The second-order valence-corrected chi connectivity index (χ2v) is 5.14. The van der Waals surface area contributed by atoms with E-state index in [2.05, 4.69) is 37.0 Å². The molecule has 2 nitrogen and oxygen atoms in total. The fraction of sp³-hybridized carbons (Fsp3) is 0.471. The molecule has 19 heavy (non-hydrogen) atoms. The molecule has 1 aromatic heterocycles. The lowest BCUT2D eigenvalue weighted by molar-refractivity contribution is 0.574. The van der Waals surface area contributed by atoms with E-state index >= 15 is 0 Å². The van der Waals surface area contributed by atoms with Crippen molar-refractivity contribution < 1.29 is 4.42 Å². The first kappa shape index (κ1) is 13.9. The van der Waals surface area contributed by atoms with Gasteiger partial charge in [-0.05, 0) is 43.0 Å². The van der Waals surface area contributed by atoms with Crippen LogP contribution in [0.2, 0.25) is 0 Å². The van der Waals surface area contributed by atoms with Crippen LogP contribution in [-0.4, -0.2) is 4.98 Å². The molecule has 0 unspecified atom stereocenters. The van der Waals surface area contributed by atoms with E-state index < -0.39 is 0 Å². The molecular formula is C17H23NO. The number of hydrogen-bond acceptors (Lipinski definition) is 2. The largest absolute Gasteiger partial charge is 0.445 e. The maximum Gasteiger partial charge on any atom is 0.225 e. The van der Waals surface area contributed by atoms with Gasteiger partial charge in [-0.2, -0.15) is 0 Å². The third-order valence-corrected chi connectivity index (χ3v) is 3.57. The zero-order valence-corrected chi connectivity index (χ0v) is 12.0. The van der Waals surface area contributed by atoms with E-state index in [9.17, 15) is 0 Å². The van der Waals surface area contributed by atoms with Crippen molar-refractivity contribution in [3.8, 4) is 11.5 Å². The standard InChI is InChI=1S/C17H23NO/c1-3-4-5-6-7-8-15-9-10-16(13-14(15)2)17-18-11-12-19-17/h9-13H,3-8H2,1-2H3. The number of oxazole rings is 1. The average Bonchev–Trinajstić information content (AvgIpc) is 2.94. The molecular weight excluding hydrogens is 234 g/mol. The Bertz CT molecular complexity index is 488. The normalized spacial score (nSPS) is 10.8. The Morgan fingerprint density at radius 1 is 1.11 bits per heavy atom. The van der Waals surface area contributed by atoms with Crippen molar-refractivity contribution in [2.75, 3.05) is 0 Å². The maximum absolute atomic E-state index is 5.33. The molecule has 0 aliphatic rings. The van der Waals surface area contributed by atoms with E-state index in [1.807, 2.05) is 0 Å². The van der Waals surface area contributed by atoms with Crippen molar-refractivity contribution in [3.05, 3.63) is 41.8 Å². The second-order valence-electron chi connectivity index (χ2n) is 5.14. The van der Waals surface area contributed by atoms with E-state index in [0.717, 1.165) is 5.56 Å². The summed E-state index contributed by atoms with van der Waals surface area (Å²) in [5, 5.41) is 0. The minimum Gasteiger partial charge on any atom is -0.445 e. The molecule has 1 aromatic carbocycles. The Kier molecular flexibility index (Phi) is 5.20. The molecule has 0 aliphatic carbocycles. The Hall–Kier alpha value is -1.57. The second kappa shape index (κ2) is 7.13. The number of hydrogen-bond donors (Lipinski definition) is 0. The molecule has 0 amide bonds. The van der Waals surface area contributed by atoms with Gasteiger partial charge in [0, 0.05) is 5.56 Å². The van der Waals surface area contributed by atoms with Crippen molar-refractivity contribution >= 4 is 0 Å². The van der Waals surface area contributed by atoms with Crippen LogP contribution in [0.15, 0.2) is 35.1 Å². The maximum atomic E-state index is 5.33. The number of nitrogens with zero attached hydrogens (tertiary/aromatic N) is 1. The van der Waals surface area contributed by atoms with Gasteiger partial charge in [0.25, 0.3) is 0 Å². The van der Waals surface area contributed by atoms with Crippen LogP contribution in [0, 0.1) is 6.92 Å². The van der Waals surface area contributed by atoms with Gasteiger partial charge in [0.15, 0.2) is 0 Å². The number of aromatic nitrogens is 1. The van der Waals surface area contributed by atoms with Crippen LogP contribution >= 0.6 is 0 Å². The highest BCUT2D eigenvalue weighted by atomic mass is 16.3. The molecule has 0 saturated carbocycles. The predicted molar refractivity (Wildman–Crippen MR) is 79.1 cm³/mol. The Labute approximate surface area is 115 Å². The summed E-state index contributed by atoms with van der Waals surface area (Å²) in [5.74, 6) is 0.706. The van der Waals surface area contributed by atoms with Gasteiger partial charge in [0.2, 0.25) is 5.89 Å². The summed E-state index contributed by atoms with van der Waals surface area (Å²) in [4.78, 5) is 4.19. The molecule has 0 bridgehead atoms. The first-order valence-corrected chi connectivity index (χ1v) is 7.30. The molecule has 0 fully saturated rings. The Morgan fingerprint density at radius 2 is 1.95 bits per heavy atom. The van der Waals surface area contributed by atoms with Gasteiger partial charge in [-0.15, -0.1) is 0 Å². The van der Waals surface area contributed by atoms with E-state index in [-0.39, 0.29) is 0 Å². The van der Waals surface area contributed by atoms with E-state index in [4.69, 9.17) is 4.42 Å². The van der Waals surface area contributed by atoms with Crippen LogP contribution in [0.4, 0.5) is 0 Å². The fourth-order valence-electron chi connectivity index (χ4n) is 2.39. The summed E-state index contributed by atoms with van der Waals surface area (Å²) in [6.07, 6.45) is 11.2. The van der Waals surface area contributed by atoms with Crippen LogP contribution < -0.4 is 0 Å². The van der Waals surface area contributed by atoms with Crippen molar-refractivity contribution in [1.29, 1.82) is 0 Å². The van der Waals surface area contributed by atoms with Gasteiger partial charge in [-0.1, -0.05) is 38.7 Å². The number of benzene rings is 1. The first-order valence-electron chi connectivity index (χ1n) is 7.30. The SMILES string of the molecule is CCCCCCCc1ccc(-c2ncco2)cc1C. The molecule has 2 rings (SSSR count). The highest BCUT2D eigenvalue weighted by Crippen LogP contribution is 2.22. The number of unbranched alkanes of at least 4 members (excludes halogenated alkanes) is 4. The lowest BCUT2D eigenvalue weighted by Crippen LogP contribution is -1.91. The topological polar surface area (TPSA) is 26.0 Å². The lowest BCUT2D eigenvalue weighted by Gasteiger charge is -2.07. The summed E-state index contributed by atoms with van der Waals surface area (Å²) in [5.41, 5.74) is 3.86. The molecule has 0 saturated heterocycles. The van der Waals surface area contributed by atoms with Crippen molar-refractivity contribution in [2.24, 2.45) is 0 Å². The fourth-order valence-corrected chi connectivity index (χ4v) is 2.39. The molecule has 0 atom stereocenters. The van der Waals surface area contributed by atoms with Gasteiger partial charge in [0.1, 0.15) is 6.26 Å². The van der Waals surface area contributed by atoms with Crippen LogP contribution in [0.5, 0.6) is 0 Å². The summed E-state index contributed by atoms with van der Waals surface area (Å²) in [6.45, 7) is 4.43. The summed E-state index contributed by atoms with van der Waals surface area (Å²) in [7, 11) is 0. The third kappa shape index (κ3) is 3.95. The molecule has 102 valence electrons. The minimum atomic E-state index is 0.706. The average molecular weight is 257 g/mol. The van der Waals surface area contributed by atoms with Crippen molar-refractivity contribution in [1.82, 2.24) is 4.98 Å². The van der Waals surface area contributed by atoms with E-state index in [0.29, 0.717) is 5.89 Å². The molecule has 0 radical (unpaired) electrons. The molecule has 0 aliphatic heterocycles. The smallest absolute Gasteiger partial charge is 0.225 e. The lowest BCUT2D eigenvalue weighted by atomic mass is 9.99. The summed E-state index contributed by atoms with van der Waals surface area (Å²) < 4.78 is 5.33. The van der Waals surface area contributed by atoms with Crippen LogP contribution in [0.3, 0.4) is 0 Å². The van der Waals surface area contributed by atoms with Crippen molar-refractivity contribution in [3.63, 3.8) is 0 Å². The Morgan fingerprint density at radius 3 is 2.63 bits per heavy atom. The van der Waals surface area contributed by atoms with Gasteiger partial charge in [-0.3, -0.25) is 0 Å². The van der Waals surface area contributed by atoms with Crippen LogP contribution in [-0.2, 0) is 6.42 Å². The molecule has 2 aromatic rings. The van der Waals surface area contributed by atoms with Gasteiger partial charge < -0.3 is 4.42 Å². The molecule has 0 spiro atoms. The number of rotatable bonds is 7. The van der Waals surface area contributed by atoms with Gasteiger partial charge in [-0.25, -0.2) is 4.98 Å². The van der Waals surface area contributed by atoms with Crippen LogP contribution in [0.25, 0.3) is 11.5 Å². The first-order chi connectivity index (χ1) is 9.31. The van der Waals surface area contributed by atoms with Gasteiger partial charge in [0.05, 0.1) is 6.20 Å². The quantitative estimate of drug-likeness (QED) is 0.640. The highest BCUT2D eigenvalue weighted by molar-refractivity contribution is 5.55. The summed E-state index contributed by atoms with van der Waals surface area (Å²) in [6, 6.07) is 6.50. The predicted octanol–water partition coefficient (Wildman–Crippen LogP) is 5.16. The molecule has 0 N–H and O–H groups in total. The monoisotopic (exact) mass is 257 g/mol. The Balaban J connectivity index is 1.92. The highest BCUT2D eigenvalue weighted by Gasteiger charge is 2.05.